The van der Waals surface area contributed by atoms with Gasteiger partial charge in [0, 0.05) is 30.9 Å². The van der Waals surface area contributed by atoms with Crippen LogP contribution in [0.5, 0.6) is 5.75 Å². The molecule has 1 aromatic heterocycles. The molecule has 0 unspecified atom stereocenters. The van der Waals surface area contributed by atoms with Crippen LogP contribution in [0.15, 0.2) is 48.8 Å². The summed E-state index contributed by atoms with van der Waals surface area (Å²) >= 11 is 5.58. The third kappa shape index (κ3) is 7.71. The Bertz CT molecular complexity index is 983. The first-order valence-electron chi connectivity index (χ1n) is 9.27. The maximum atomic E-state index is 13.3. The van der Waals surface area contributed by atoms with E-state index in [4.69, 9.17) is 21.1 Å². The Morgan fingerprint density at radius 2 is 2.00 bits per heavy atom. The number of esters is 1. The first-order valence-corrected chi connectivity index (χ1v) is 9.64. The molecular formula is C21H21ClFN3O5. The van der Waals surface area contributed by atoms with Crippen molar-refractivity contribution in [2.75, 3.05) is 19.8 Å². The number of carbonyl (C=O) groups is 3. The van der Waals surface area contributed by atoms with Crippen molar-refractivity contribution in [2.24, 2.45) is 0 Å². The molecule has 0 spiro atoms. The topological polar surface area (TPSA) is 107 Å². The van der Waals surface area contributed by atoms with Crippen molar-refractivity contribution < 1.29 is 28.2 Å². The van der Waals surface area contributed by atoms with Gasteiger partial charge >= 0.3 is 5.97 Å². The summed E-state index contributed by atoms with van der Waals surface area (Å²) in [5.74, 6) is -2.00. The van der Waals surface area contributed by atoms with E-state index in [1.807, 2.05) is 0 Å². The number of hydrogen-bond donors (Lipinski definition) is 2. The SMILES string of the molecule is C=C(CCNC(=O)COc1ccc(Cl)c(F)c1)NC(=O)c1cc(C(=O)OCC)ccn1. The number of hydrogen-bond acceptors (Lipinski definition) is 6. The van der Waals surface area contributed by atoms with Crippen LogP contribution < -0.4 is 15.4 Å². The molecule has 2 aromatic rings. The molecule has 0 atom stereocenters. The molecule has 0 bridgehead atoms. The molecule has 0 aliphatic heterocycles. The molecule has 10 heteroatoms. The van der Waals surface area contributed by atoms with E-state index in [1.54, 1.807) is 6.92 Å². The van der Waals surface area contributed by atoms with Crippen molar-refractivity contribution in [1.82, 2.24) is 15.6 Å². The summed E-state index contributed by atoms with van der Waals surface area (Å²) in [6.07, 6.45) is 1.58. The molecule has 1 heterocycles. The second-order valence-corrected chi connectivity index (χ2v) is 6.58. The zero-order valence-electron chi connectivity index (χ0n) is 16.7. The monoisotopic (exact) mass is 449 g/mol. The Hall–Kier alpha value is -3.46. The van der Waals surface area contributed by atoms with Gasteiger partial charge in [0.25, 0.3) is 11.8 Å². The summed E-state index contributed by atoms with van der Waals surface area (Å²) in [5, 5.41) is 5.10. The minimum atomic E-state index is -0.645. The fraction of sp³-hybridized carbons (Fsp3) is 0.238. The van der Waals surface area contributed by atoms with Gasteiger partial charge in [0.1, 0.15) is 17.3 Å². The summed E-state index contributed by atoms with van der Waals surface area (Å²) in [6, 6.07) is 6.62. The van der Waals surface area contributed by atoms with Gasteiger partial charge in [0.2, 0.25) is 0 Å². The van der Waals surface area contributed by atoms with Crippen LogP contribution in [0.3, 0.4) is 0 Å². The number of ether oxygens (including phenoxy) is 2. The van der Waals surface area contributed by atoms with E-state index in [-0.39, 0.29) is 48.2 Å². The smallest absolute Gasteiger partial charge is 0.338 e. The van der Waals surface area contributed by atoms with Crippen LogP contribution in [0.25, 0.3) is 0 Å². The van der Waals surface area contributed by atoms with E-state index in [2.05, 4.69) is 22.2 Å². The summed E-state index contributed by atoms with van der Waals surface area (Å²) in [5.41, 5.74) is 0.578. The third-order valence-corrected chi connectivity index (χ3v) is 4.11. The lowest BCUT2D eigenvalue weighted by atomic mass is 10.2. The van der Waals surface area contributed by atoms with Crippen LogP contribution in [0.4, 0.5) is 4.39 Å². The lowest BCUT2D eigenvalue weighted by Crippen LogP contribution is -2.31. The van der Waals surface area contributed by atoms with E-state index >= 15 is 0 Å². The van der Waals surface area contributed by atoms with E-state index in [1.165, 1.54) is 30.5 Å². The molecule has 2 N–H and O–H groups in total. The maximum Gasteiger partial charge on any atom is 0.338 e. The largest absolute Gasteiger partial charge is 0.484 e. The minimum absolute atomic E-state index is 0.0272. The number of amides is 2. The number of benzene rings is 1. The van der Waals surface area contributed by atoms with Gasteiger partial charge in [-0.1, -0.05) is 18.2 Å². The molecule has 0 saturated heterocycles. The van der Waals surface area contributed by atoms with Crippen LogP contribution in [-0.4, -0.2) is 42.5 Å². The first kappa shape index (κ1) is 23.8. The molecule has 0 aliphatic carbocycles. The molecule has 8 nitrogen and oxygen atoms in total. The number of nitrogens with one attached hydrogen (secondary N) is 2. The molecule has 164 valence electrons. The van der Waals surface area contributed by atoms with Gasteiger partial charge < -0.3 is 20.1 Å². The van der Waals surface area contributed by atoms with Crippen LogP contribution >= 0.6 is 11.6 Å². The van der Waals surface area contributed by atoms with Crippen LogP contribution in [0, 0.1) is 5.82 Å². The van der Waals surface area contributed by atoms with Crippen LogP contribution in [0.2, 0.25) is 5.02 Å². The highest BCUT2D eigenvalue weighted by Crippen LogP contribution is 2.20. The van der Waals surface area contributed by atoms with E-state index in [9.17, 15) is 18.8 Å². The summed E-state index contributed by atoms with van der Waals surface area (Å²) in [4.78, 5) is 39.8. The fourth-order valence-corrected chi connectivity index (χ4v) is 2.42. The third-order valence-electron chi connectivity index (χ3n) is 3.80. The molecule has 0 fully saturated rings. The lowest BCUT2D eigenvalue weighted by molar-refractivity contribution is -0.123. The molecule has 31 heavy (non-hydrogen) atoms. The van der Waals surface area contributed by atoms with Gasteiger partial charge in [-0.15, -0.1) is 0 Å². The summed E-state index contributed by atoms with van der Waals surface area (Å²) in [7, 11) is 0. The second kappa shape index (κ2) is 11.7. The molecule has 2 amide bonds. The van der Waals surface area contributed by atoms with Gasteiger partial charge in [-0.3, -0.25) is 14.6 Å². The van der Waals surface area contributed by atoms with Crippen molar-refractivity contribution in [2.45, 2.75) is 13.3 Å². The highest BCUT2D eigenvalue weighted by Gasteiger charge is 2.13. The molecule has 0 saturated carbocycles. The fourth-order valence-electron chi connectivity index (χ4n) is 2.30. The predicted octanol–water partition coefficient (Wildman–Crippen LogP) is 2.88. The number of pyridine rings is 1. The maximum absolute atomic E-state index is 13.3. The number of rotatable bonds is 10. The Morgan fingerprint density at radius 1 is 1.23 bits per heavy atom. The first-order chi connectivity index (χ1) is 14.8. The molecule has 2 rings (SSSR count). The Balaban J connectivity index is 1.74. The second-order valence-electron chi connectivity index (χ2n) is 6.17. The van der Waals surface area contributed by atoms with Crippen LogP contribution in [0.1, 0.15) is 34.2 Å². The quantitative estimate of drug-likeness (QED) is 0.540. The normalized spacial score (nSPS) is 10.2. The van der Waals surface area contributed by atoms with E-state index in [0.29, 0.717) is 5.70 Å². The van der Waals surface area contributed by atoms with Crippen LogP contribution in [-0.2, 0) is 9.53 Å². The average molecular weight is 450 g/mol. The number of nitrogens with zero attached hydrogens (tertiary/aromatic N) is 1. The zero-order valence-corrected chi connectivity index (χ0v) is 17.5. The number of carbonyl (C=O) groups excluding carboxylic acids is 3. The van der Waals surface area contributed by atoms with Gasteiger partial charge in [0.05, 0.1) is 17.2 Å². The predicted molar refractivity (Wildman–Crippen MR) is 111 cm³/mol. The minimum Gasteiger partial charge on any atom is -0.484 e. The zero-order chi connectivity index (χ0) is 22.8. The van der Waals surface area contributed by atoms with E-state index in [0.717, 1.165) is 6.07 Å². The highest BCUT2D eigenvalue weighted by molar-refractivity contribution is 6.30. The van der Waals surface area contributed by atoms with Gasteiger partial charge in [-0.05, 0) is 31.2 Å². The molecule has 1 aromatic carbocycles. The highest BCUT2D eigenvalue weighted by atomic mass is 35.5. The van der Waals surface area contributed by atoms with Gasteiger partial charge in [-0.25, -0.2) is 9.18 Å². The van der Waals surface area contributed by atoms with Crippen molar-refractivity contribution in [3.8, 4) is 5.75 Å². The van der Waals surface area contributed by atoms with Gasteiger partial charge in [-0.2, -0.15) is 0 Å². The Morgan fingerprint density at radius 3 is 2.71 bits per heavy atom. The molecule has 0 aliphatic rings. The van der Waals surface area contributed by atoms with Crippen molar-refractivity contribution in [3.05, 3.63) is 70.9 Å². The number of halogens is 2. The Labute approximate surface area is 183 Å². The Kier molecular flexibility index (Phi) is 8.95. The number of aromatic nitrogens is 1. The van der Waals surface area contributed by atoms with Gasteiger partial charge in [0.15, 0.2) is 6.61 Å². The van der Waals surface area contributed by atoms with Crippen molar-refractivity contribution in [3.63, 3.8) is 0 Å². The van der Waals surface area contributed by atoms with Crippen molar-refractivity contribution >= 4 is 29.4 Å². The lowest BCUT2D eigenvalue weighted by Gasteiger charge is -2.10. The summed E-state index contributed by atoms with van der Waals surface area (Å²) < 4.78 is 23.4. The van der Waals surface area contributed by atoms with E-state index < -0.39 is 23.6 Å². The molecule has 0 radical (unpaired) electrons. The van der Waals surface area contributed by atoms with Crippen molar-refractivity contribution in [1.29, 1.82) is 0 Å². The molecular weight excluding hydrogens is 429 g/mol. The summed E-state index contributed by atoms with van der Waals surface area (Å²) in [6.45, 7) is 5.49. The average Bonchev–Trinajstić information content (AvgIpc) is 2.74. The standard InChI is InChI=1S/C21H21ClFN3O5/c1-3-30-21(29)14-7-9-24-18(10-14)20(28)26-13(2)6-8-25-19(27)12-31-15-4-5-16(22)17(23)11-15/h4-5,7,9-11H,2-3,6,8,12H2,1H3,(H,25,27)(H,26,28).